The van der Waals surface area contributed by atoms with Crippen molar-refractivity contribution in [1.29, 1.82) is 0 Å². The van der Waals surface area contributed by atoms with Crippen molar-refractivity contribution in [3.8, 4) is 5.69 Å². The lowest BCUT2D eigenvalue weighted by Gasteiger charge is -2.22. The minimum Gasteiger partial charge on any atom is -0.465 e. The maximum Gasteiger partial charge on any atom is 0.409 e. The molecule has 0 fully saturated rings. The number of carbonyl (C=O) groups is 2. The Morgan fingerprint density at radius 3 is 2.35 bits per heavy atom. The van der Waals surface area contributed by atoms with Gasteiger partial charge in [-0.15, -0.1) is 5.10 Å². The topological polar surface area (TPSA) is 110 Å². The van der Waals surface area contributed by atoms with E-state index in [2.05, 4.69) is 41.4 Å². The number of ketones is 1. The number of anilines is 1. The molecule has 31 heavy (non-hydrogen) atoms. The van der Waals surface area contributed by atoms with E-state index < -0.39 is 17.3 Å². The van der Waals surface area contributed by atoms with Gasteiger partial charge in [0.25, 0.3) is 0 Å². The molecule has 3 rings (SSSR count). The van der Waals surface area contributed by atoms with E-state index in [1.807, 2.05) is 45.0 Å². The van der Waals surface area contributed by atoms with E-state index in [0.29, 0.717) is 5.69 Å². The van der Waals surface area contributed by atoms with Crippen LogP contribution in [0.5, 0.6) is 0 Å². The van der Waals surface area contributed by atoms with Crippen LogP contribution < -0.4 is 5.32 Å². The minimum atomic E-state index is -1.26. The molecule has 162 valence electrons. The number of nitrogens with one attached hydrogen (secondary N) is 1. The van der Waals surface area contributed by atoms with E-state index in [-0.39, 0.29) is 22.4 Å². The molecule has 2 aromatic heterocycles. The summed E-state index contributed by atoms with van der Waals surface area (Å²) in [6.07, 6.45) is 1.77. The van der Waals surface area contributed by atoms with E-state index >= 15 is 0 Å². The summed E-state index contributed by atoms with van der Waals surface area (Å²) in [6, 6.07) is 9.34. The van der Waals surface area contributed by atoms with Gasteiger partial charge in [0.05, 0.1) is 28.8 Å². The molecule has 0 bridgehead atoms. The molecule has 0 aliphatic carbocycles. The summed E-state index contributed by atoms with van der Waals surface area (Å²) in [5.74, 6) is -0.444. The summed E-state index contributed by atoms with van der Waals surface area (Å²) < 4.78 is 1.54. The Hall–Kier alpha value is -3.55. The van der Waals surface area contributed by atoms with Gasteiger partial charge < -0.3 is 5.11 Å². The zero-order valence-electron chi connectivity index (χ0n) is 18.6. The van der Waals surface area contributed by atoms with Gasteiger partial charge in [-0.25, -0.2) is 9.48 Å². The number of hydrogen-bond donors (Lipinski definition) is 2. The molecule has 2 heterocycles. The molecule has 0 unspecified atom stereocenters. The number of amides is 1. The lowest BCUT2D eigenvalue weighted by atomic mass is 9.86. The first-order valence-electron chi connectivity index (χ1n) is 9.95. The predicted molar refractivity (Wildman–Crippen MR) is 118 cm³/mol. The van der Waals surface area contributed by atoms with Gasteiger partial charge in [0, 0.05) is 11.6 Å². The number of rotatable bonds is 4. The lowest BCUT2D eigenvalue weighted by Crippen LogP contribution is -2.22. The largest absolute Gasteiger partial charge is 0.465 e. The molecule has 0 spiro atoms. The van der Waals surface area contributed by atoms with E-state index in [1.54, 1.807) is 10.9 Å². The number of pyridine rings is 1. The number of carboxylic acid groups (broad SMARTS) is 1. The van der Waals surface area contributed by atoms with Crippen molar-refractivity contribution in [3.05, 3.63) is 65.2 Å². The fraction of sp³-hybridized carbons (Fsp3) is 0.348. The quantitative estimate of drug-likeness (QED) is 0.597. The zero-order chi connectivity index (χ0) is 23.0. The molecular weight excluding hydrogens is 394 g/mol. The number of hydrogen-bond acceptors (Lipinski definition) is 5. The maximum atomic E-state index is 13.4. The van der Waals surface area contributed by atoms with Crippen molar-refractivity contribution < 1.29 is 14.7 Å². The normalized spacial score (nSPS) is 11.9. The average molecular weight is 422 g/mol. The zero-order valence-corrected chi connectivity index (χ0v) is 18.6. The van der Waals surface area contributed by atoms with Gasteiger partial charge in [0.2, 0.25) is 5.78 Å². The molecule has 0 saturated carbocycles. The van der Waals surface area contributed by atoms with Crippen molar-refractivity contribution in [1.82, 2.24) is 20.0 Å². The minimum absolute atomic E-state index is 0.0377. The lowest BCUT2D eigenvalue weighted by molar-refractivity contribution is 0.103. The van der Waals surface area contributed by atoms with Gasteiger partial charge >= 0.3 is 6.09 Å². The van der Waals surface area contributed by atoms with Gasteiger partial charge in [-0.3, -0.25) is 15.1 Å². The molecule has 0 radical (unpaired) electrons. The molecular formula is C23H27N5O3. The highest BCUT2D eigenvalue weighted by Gasteiger charge is 2.29. The van der Waals surface area contributed by atoms with Crippen LogP contribution in [0, 0.1) is 0 Å². The number of benzene rings is 1. The van der Waals surface area contributed by atoms with Crippen LogP contribution in [0.2, 0.25) is 0 Å². The molecule has 0 aliphatic heterocycles. The maximum absolute atomic E-state index is 13.4. The summed E-state index contributed by atoms with van der Waals surface area (Å²) in [6.45, 7) is 12.1. The first kappa shape index (κ1) is 22.1. The van der Waals surface area contributed by atoms with E-state index in [1.165, 1.54) is 12.3 Å². The highest BCUT2D eigenvalue weighted by molar-refractivity contribution is 6.13. The second kappa shape index (κ2) is 7.94. The third-order valence-corrected chi connectivity index (χ3v) is 4.83. The Bertz CT molecular complexity index is 1140. The van der Waals surface area contributed by atoms with E-state index in [9.17, 15) is 14.7 Å². The van der Waals surface area contributed by atoms with Crippen LogP contribution in [-0.2, 0) is 10.8 Å². The van der Waals surface area contributed by atoms with Crippen molar-refractivity contribution in [2.24, 2.45) is 0 Å². The fourth-order valence-electron chi connectivity index (χ4n) is 3.22. The summed E-state index contributed by atoms with van der Waals surface area (Å²) in [5, 5.41) is 19.7. The Kier molecular flexibility index (Phi) is 5.67. The molecule has 3 aromatic rings. The van der Waals surface area contributed by atoms with Crippen LogP contribution in [0.4, 0.5) is 10.5 Å². The molecule has 8 heteroatoms. The molecule has 1 aromatic carbocycles. The molecule has 2 N–H and O–H groups in total. The van der Waals surface area contributed by atoms with Crippen molar-refractivity contribution in [3.63, 3.8) is 0 Å². The van der Waals surface area contributed by atoms with Crippen LogP contribution in [0.1, 0.15) is 68.9 Å². The fourth-order valence-corrected chi connectivity index (χ4v) is 3.22. The van der Waals surface area contributed by atoms with Gasteiger partial charge in [-0.1, -0.05) is 58.9 Å². The van der Waals surface area contributed by atoms with Crippen molar-refractivity contribution in [2.45, 2.75) is 52.4 Å². The van der Waals surface area contributed by atoms with Gasteiger partial charge in [-0.05, 0) is 29.2 Å². The number of carbonyl (C=O) groups excluding carboxylic acids is 1. The summed E-state index contributed by atoms with van der Waals surface area (Å²) in [4.78, 5) is 29.0. The molecule has 0 aliphatic rings. The second-order valence-electron chi connectivity index (χ2n) is 9.44. The first-order valence-corrected chi connectivity index (χ1v) is 9.95. The number of nitrogens with zero attached hydrogens (tertiary/aromatic N) is 4. The Morgan fingerprint density at radius 1 is 1.03 bits per heavy atom. The Balaban J connectivity index is 2.06. The van der Waals surface area contributed by atoms with Crippen LogP contribution in [-0.4, -0.2) is 37.0 Å². The standard InChI is InChI=1S/C23H27N5O3/c1-22(2,3)14-8-7-9-15(12-14)28-13-17(26-27-28)19(29)18-16(25-21(30)31)10-11-24-20(18)23(4,5)6/h7-13H,1-6H3,(H,24,25)(H,30,31). The first-order chi connectivity index (χ1) is 14.4. The third-order valence-electron chi connectivity index (χ3n) is 4.83. The van der Waals surface area contributed by atoms with Gasteiger partial charge in [0.1, 0.15) is 0 Å². The number of aromatic nitrogens is 4. The van der Waals surface area contributed by atoms with E-state index in [4.69, 9.17) is 0 Å². The SMILES string of the molecule is CC(C)(C)c1cccc(-n2cc(C(=O)c3c(NC(=O)O)ccnc3C(C)(C)C)nn2)c1. The Labute approximate surface area is 181 Å². The highest BCUT2D eigenvalue weighted by atomic mass is 16.4. The second-order valence-corrected chi connectivity index (χ2v) is 9.44. The van der Waals surface area contributed by atoms with Crippen molar-refractivity contribution >= 4 is 17.6 Å². The van der Waals surface area contributed by atoms with Gasteiger partial charge in [0.15, 0.2) is 5.69 Å². The predicted octanol–water partition coefficient (Wildman–Crippen LogP) is 4.58. The molecule has 1 amide bonds. The van der Waals surface area contributed by atoms with Crippen LogP contribution >= 0.6 is 0 Å². The third kappa shape index (κ3) is 4.79. The van der Waals surface area contributed by atoms with E-state index in [0.717, 1.165) is 11.3 Å². The Morgan fingerprint density at radius 2 is 1.74 bits per heavy atom. The average Bonchev–Trinajstić information content (AvgIpc) is 3.16. The monoisotopic (exact) mass is 421 g/mol. The van der Waals surface area contributed by atoms with Crippen molar-refractivity contribution in [2.75, 3.05) is 5.32 Å². The highest BCUT2D eigenvalue weighted by Crippen LogP contribution is 2.30. The molecule has 8 nitrogen and oxygen atoms in total. The van der Waals surface area contributed by atoms with Crippen LogP contribution in [0.15, 0.2) is 42.7 Å². The van der Waals surface area contributed by atoms with Crippen LogP contribution in [0.25, 0.3) is 5.69 Å². The molecule has 0 atom stereocenters. The van der Waals surface area contributed by atoms with Crippen LogP contribution in [0.3, 0.4) is 0 Å². The smallest absolute Gasteiger partial charge is 0.409 e. The summed E-state index contributed by atoms with van der Waals surface area (Å²) >= 11 is 0. The van der Waals surface area contributed by atoms with Gasteiger partial charge in [-0.2, -0.15) is 0 Å². The summed E-state index contributed by atoms with van der Waals surface area (Å²) in [5.41, 5.74) is 2.31. The molecule has 0 saturated heterocycles. The summed E-state index contributed by atoms with van der Waals surface area (Å²) in [7, 11) is 0.